The van der Waals surface area contributed by atoms with Crippen molar-refractivity contribution in [1.29, 1.82) is 0 Å². The molecule has 4 nitrogen and oxygen atoms in total. The quantitative estimate of drug-likeness (QED) is 0.506. The van der Waals surface area contributed by atoms with Crippen LogP contribution in [0.5, 0.6) is 0 Å². The number of rotatable bonds is 5. The van der Waals surface area contributed by atoms with E-state index in [0.29, 0.717) is 6.54 Å². The minimum Gasteiger partial charge on any atom is -0.361 e. The number of amides is 1. The van der Waals surface area contributed by atoms with Gasteiger partial charge >= 0.3 is 0 Å². The van der Waals surface area contributed by atoms with E-state index in [9.17, 15) is 4.79 Å². The van der Waals surface area contributed by atoms with E-state index in [1.165, 1.54) is 10.9 Å². The second kappa shape index (κ2) is 6.48. The molecule has 1 unspecified atom stereocenters. The van der Waals surface area contributed by atoms with Gasteiger partial charge in [0, 0.05) is 40.7 Å². The topological polar surface area (TPSA) is 60.7 Å². The van der Waals surface area contributed by atoms with Crippen molar-refractivity contribution in [3.8, 4) is 0 Å². The summed E-state index contributed by atoms with van der Waals surface area (Å²) in [6.07, 6.45) is 4.78. The van der Waals surface area contributed by atoms with Crippen molar-refractivity contribution in [2.24, 2.45) is 0 Å². The van der Waals surface area contributed by atoms with Gasteiger partial charge in [0.1, 0.15) is 0 Å². The Morgan fingerprint density at radius 3 is 2.40 bits per heavy atom. The lowest BCUT2D eigenvalue weighted by atomic mass is 9.99. The van der Waals surface area contributed by atoms with Crippen LogP contribution in [0.1, 0.15) is 24.0 Å². The van der Waals surface area contributed by atoms with Gasteiger partial charge in [0.25, 0.3) is 0 Å². The first-order chi connectivity index (χ1) is 12.2. The normalized spacial score (nSPS) is 12.5. The summed E-state index contributed by atoms with van der Waals surface area (Å²) in [5, 5.41) is 5.41. The fourth-order valence-corrected chi connectivity index (χ4v) is 3.41. The predicted octanol–water partition coefficient (Wildman–Crippen LogP) is 4.11. The maximum absolute atomic E-state index is 12.5. The summed E-state index contributed by atoms with van der Waals surface area (Å²) in [6, 6.07) is 16.3. The lowest BCUT2D eigenvalue weighted by molar-refractivity contribution is -0.122. The number of H-pyrrole nitrogens is 2. The molecule has 126 valence electrons. The first-order valence-corrected chi connectivity index (χ1v) is 8.63. The highest BCUT2D eigenvalue weighted by molar-refractivity contribution is 5.91. The molecule has 0 bridgehead atoms. The molecular weight excluding hydrogens is 310 g/mol. The molecule has 0 saturated carbocycles. The molecule has 0 aliphatic heterocycles. The molecule has 4 rings (SSSR count). The number of para-hydroxylation sites is 2. The van der Waals surface area contributed by atoms with Crippen LogP contribution in [0, 0.1) is 0 Å². The molecule has 0 saturated heterocycles. The number of hydrogen-bond donors (Lipinski definition) is 3. The number of carbonyl (C=O) groups is 1. The molecule has 0 radical (unpaired) electrons. The Labute approximate surface area is 146 Å². The van der Waals surface area contributed by atoms with Crippen LogP contribution in [0.15, 0.2) is 60.9 Å². The van der Waals surface area contributed by atoms with Gasteiger partial charge in [-0.15, -0.1) is 0 Å². The SMILES string of the molecule is CC(C(=O)NCCc1c[nH]c2ccccc12)c1c[nH]c2ccccc12. The highest BCUT2D eigenvalue weighted by atomic mass is 16.1. The summed E-state index contributed by atoms with van der Waals surface area (Å²) < 4.78 is 0. The Morgan fingerprint density at radius 1 is 0.960 bits per heavy atom. The molecule has 2 aromatic carbocycles. The highest BCUT2D eigenvalue weighted by Gasteiger charge is 2.18. The fourth-order valence-electron chi connectivity index (χ4n) is 3.41. The summed E-state index contributed by atoms with van der Waals surface area (Å²) in [6.45, 7) is 2.59. The van der Waals surface area contributed by atoms with Crippen molar-refractivity contribution in [3.63, 3.8) is 0 Å². The Morgan fingerprint density at radius 2 is 1.60 bits per heavy atom. The van der Waals surface area contributed by atoms with Gasteiger partial charge in [-0.25, -0.2) is 0 Å². The van der Waals surface area contributed by atoms with Gasteiger partial charge in [-0.05, 0) is 36.6 Å². The van der Waals surface area contributed by atoms with E-state index in [1.54, 1.807) is 0 Å². The molecule has 0 fully saturated rings. The fraction of sp³-hybridized carbons (Fsp3) is 0.190. The second-order valence-corrected chi connectivity index (χ2v) is 6.41. The van der Waals surface area contributed by atoms with Crippen LogP contribution in [0.2, 0.25) is 0 Å². The molecule has 1 amide bonds. The monoisotopic (exact) mass is 331 g/mol. The molecule has 25 heavy (non-hydrogen) atoms. The van der Waals surface area contributed by atoms with Gasteiger partial charge in [0.2, 0.25) is 5.91 Å². The van der Waals surface area contributed by atoms with Gasteiger partial charge in [0.05, 0.1) is 5.92 Å². The molecule has 2 aromatic heterocycles. The highest BCUT2D eigenvalue weighted by Crippen LogP contribution is 2.25. The number of aromatic nitrogens is 2. The number of carbonyl (C=O) groups excluding carboxylic acids is 1. The van der Waals surface area contributed by atoms with E-state index in [4.69, 9.17) is 0 Å². The Balaban J connectivity index is 1.42. The van der Waals surface area contributed by atoms with Crippen LogP contribution >= 0.6 is 0 Å². The van der Waals surface area contributed by atoms with E-state index in [-0.39, 0.29) is 11.8 Å². The second-order valence-electron chi connectivity index (χ2n) is 6.41. The molecule has 0 aliphatic rings. The van der Waals surface area contributed by atoms with Crippen molar-refractivity contribution >= 4 is 27.7 Å². The molecular formula is C21H21N3O. The third-order valence-electron chi connectivity index (χ3n) is 4.85. The number of fused-ring (bicyclic) bond motifs is 2. The van der Waals surface area contributed by atoms with Crippen molar-refractivity contribution in [1.82, 2.24) is 15.3 Å². The summed E-state index contributed by atoms with van der Waals surface area (Å²) in [4.78, 5) is 19.1. The Kier molecular flexibility index (Phi) is 4.02. The van der Waals surface area contributed by atoms with Crippen molar-refractivity contribution < 1.29 is 4.79 Å². The van der Waals surface area contributed by atoms with Gasteiger partial charge in [-0.3, -0.25) is 4.79 Å². The van der Waals surface area contributed by atoms with E-state index >= 15 is 0 Å². The van der Waals surface area contributed by atoms with Gasteiger partial charge in [-0.2, -0.15) is 0 Å². The summed E-state index contributed by atoms with van der Waals surface area (Å²) >= 11 is 0. The lowest BCUT2D eigenvalue weighted by Gasteiger charge is -2.11. The number of aromatic amines is 2. The lowest BCUT2D eigenvalue weighted by Crippen LogP contribution is -2.29. The van der Waals surface area contributed by atoms with Crippen LogP contribution in [-0.2, 0) is 11.2 Å². The summed E-state index contributed by atoms with van der Waals surface area (Å²) in [5.74, 6) is -0.122. The molecule has 3 N–H and O–H groups in total. The van der Waals surface area contributed by atoms with Crippen molar-refractivity contribution in [3.05, 3.63) is 72.1 Å². The maximum atomic E-state index is 12.5. The van der Waals surface area contributed by atoms with E-state index in [0.717, 1.165) is 28.4 Å². The number of benzene rings is 2. The average molecular weight is 331 g/mol. The van der Waals surface area contributed by atoms with Crippen molar-refractivity contribution in [2.75, 3.05) is 6.54 Å². The Hall–Kier alpha value is -3.01. The van der Waals surface area contributed by atoms with Crippen LogP contribution < -0.4 is 5.32 Å². The zero-order valence-electron chi connectivity index (χ0n) is 14.2. The van der Waals surface area contributed by atoms with E-state index in [2.05, 4.69) is 33.5 Å². The van der Waals surface area contributed by atoms with Crippen LogP contribution in [0.4, 0.5) is 0 Å². The standard InChI is InChI=1S/C21H21N3O/c1-14(18-13-24-20-9-5-3-7-17(18)20)21(25)22-11-10-15-12-23-19-8-4-2-6-16(15)19/h2-9,12-14,23-24H,10-11H2,1H3,(H,22,25). The van der Waals surface area contributed by atoms with Crippen LogP contribution in [-0.4, -0.2) is 22.4 Å². The minimum absolute atomic E-state index is 0.0598. The zero-order valence-corrected chi connectivity index (χ0v) is 14.2. The summed E-state index contributed by atoms with van der Waals surface area (Å²) in [7, 11) is 0. The Bertz CT molecular complexity index is 1030. The largest absolute Gasteiger partial charge is 0.361 e. The van der Waals surface area contributed by atoms with E-state index in [1.807, 2.05) is 49.6 Å². The minimum atomic E-state index is -0.181. The van der Waals surface area contributed by atoms with Gasteiger partial charge in [-0.1, -0.05) is 36.4 Å². The molecule has 0 aliphatic carbocycles. The zero-order chi connectivity index (χ0) is 17.2. The van der Waals surface area contributed by atoms with Crippen molar-refractivity contribution in [2.45, 2.75) is 19.3 Å². The van der Waals surface area contributed by atoms with E-state index < -0.39 is 0 Å². The molecule has 2 heterocycles. The maximum Gasteiger partial charge on any atom is 0.227 e. The van der Waals surface area contributed by atoms with Crippen LogP contribution in [0.25, 0.3) is 21.8 Å². The molecule has 1 atom stereocenters. The number of nitrogens with one attached hydrogen (secondary N) is 3. The summed E-state index contributed by atoms with van der Waals surface area (Å²) in [5.41, 5.74) is 4.47. The van der Waals surface area contributed by atoms with Crippen LogP contribution in [0.3, 0.4) is 0 Å². The third kappa shape index (κ3) is 2.91. The predicted molar refractivity (Wildman–Crippen MR) is 102 cm³/mol. The first-order valence-electron chi connectivity index (χ1n) is 8.63. The molecule has 4 heteroatoms. The first kappa shape index (κ1) is 15.5. The smallest absolute Gasteiger partial charge is 0.227 e. The third-order valence-corrected chi connectivity index (χ3v) is 4.85. The molecule has 4 aromatic rings. The van der Waals surface area contributed by atoms with Gasteiger partial charge in [0.15, 0.2) is 0 Å². The molecule has 0 spiro atoms. The van der Waals surface area contributed by atoms with Gasteiger partial charge < -0.3 is 15.3 Å². The number of hydrogen-bond acceptors (Lipinski definition) is 1. The average Bonchev–Trinajstić information content (AvgIpc) is 3.25.